The average Bonchev–Trinajstić information content (AvgIpc) is 2.48. The van der Waals surface area contributed by atoms with Gasteiger partial charge in [-0.15, -0.1) is 0 Å². The van der Waals surface area contributed by atoms with E-state index in [-0.39, 0.29) is 17.0 Å². The van der Waals surface area contributed by atoms with Crippen LogP contribution in [-0.4, -0.2) is 58.3 Å². The number of piperazine rings is 1. The summed E-state index contributed by atoms with van der Waals surface area (Å²) in [7, 11) is 2.02. The quantitative estimate of drug-likeness (QED) is 0.738. The van der Waals surface area contributed by atoms with E-state index < -0.39 is 0 Å². The largest absolute Gasteiger partial charge is 0.336 e. The number of rotatable bonds is 1. The second-order valence-corrected chi connectivity index (χ2v) is 5.00. The summed E-state index contributed by atoms with van der Waals surface area (Å²) in [5.74, 6) is -0.228. The van der Waals surface area contributed by atoms with Gasteiger partial charge in [0, 0.05) is 38.6 Å². The zero-order chi connectivity index (χ0) is 14.1. The third kappa shape index (κ3) is 2.18. The molecule has 1 aliphatic heterocycles. The normalized spacial score (nSPS) is 16.6. The summed E-state index contributed by atoms with van der Waals surface area (Å²) in [4.78, 5) is 32.8. The molecule has 0 spiro atoms. The summed E-state index contributed by atoms with van der Waals surface area (Å²) in [5.41, 5.74) is 0.380. The number of hydrogen-bond acceptors (Lipinski definition) is 4. The number of hydrogen-bond donors (Lipinski definition) is 0. The molecular formula is C14H16N4O2. The van der Waals surface area contributed by atoms with Gasteiger partial charge in [-0.1, -0.05) is 6.07 Å². The lowest BCUT2D eigenvalue weighted by molar-refractivity contribution is 0.0661. The molecule has 0 atom stereocenters. The average molecular weight is 272 g/mol. The molecule has 0 aromatic carbocycles. The highest BCUT2D eigenvalue weighted by Crippen LogP contribution is 2.05. The van der Waals surface area contributed by atoms with E-state index >= 15 is 0 Å². The van der Waals surface area contributed by atoms with Crippen LogP contribution in [0, 0.1) is 0 Å². The van der Waals surface area contributed by atoms with Crippen molar-refractivity contribution in [2.45, 2.75) is 0 Å². The van der Waals surface area contributed by atoms with Gasteiger partial charge in [-0.05, 0) is 19.2 Å². The van der Waals surface area contributed by atoms with Crippen LogP contribution in [0.15, 0.2) is 35.4 Å². The zero-order valence-electron chi connectivity index (χ0n) is 11.3. The minimum absolute atomic E-state index is 0.137. The van der Waals surface area contributed by atoms with Crippen LogP contribution in [0.5, 0.6) is 0 Å². The molecule has 20 heavy (non-hydrogen) atoms. The van der Waals surface area contributed by atoms with Crippen molar-refractivity contribution in [2.24, 2.45) is 0 Å². The van der Waals surface area contributed by atoms with Crippen molar-refractivity contribution in [1.82, 2.24) is 19.2 Å². The molecule has 2 aromatic rings. The number of fused-ring (bicyclic) bond motifs is 1. The van der Waals surface area contributed by atoms with Crippen LogP contribution in [0.25, 0.3) is 5.65 Å². The Labute approximate surface area is 116 Å². The fourth-order valence-electron chi connectivity index (χ4n) is 2.35. The predicted octanol–water partition coefficient (Wildman–Crippen LogP) is 0.0821. The Bertz CT molecular complexity index is 702. The van der Waals surface area contributed by atoms with Crippen LogP contribution in [0.1, 0.15) is 10.4 Å². The lowest BCUT2D eigenvalue weighted by Crippen LogP contribution is -2.48. The first kappa shape index (κ1) is 12.8. The summed E-state index contributed by atoms with van der Waals surface area (Å²) >= 11 is 0. The van der Waals surface area contributed by atoms with Gasteiger partial charge in [0.1, 0.15) is 11.2 Å². The molecule has 0 N–H and O–H groups in total. The van der Waals surface area contributed by atoms with Crippen LogP contribution in [0.2, 0.25) is 0 Å². The third-order valence-corrected chi connectivity index (χ3v) is 3.63. The maximum atomic E-state index is 12.4. The van der Waals surface area contributed by atoms with E-state index in [9.17, 15) is 9.59 Å². The molecule has 6 nitrogen and oxygen atoms in total. The van der Waals surface area contributed by atoms with Gasteiger partial charge >= 0.3 is 0 Å². The molecule has 104 valence electrons. The van der Waals surface area contributed by atoms with E-state index in [4.69, 9.17) is 0 Å². The lowest BCUT2D eigenvalue weighted by atomic mass is 10.2. The van der Waals surface area contributed by atoms with E-state index in [2.05, 4.69) is 9.88 Å². The summed E-state index contributed by atoms with van der Waals surface area (Å²) in [5, 5.41) is 0. The Morgan fingerprint density at radius 1 is 1.20 bits per heavy atom. The molecule has 0 aliphatic carbocycles. The maximum Gasteiger partial charge on any atom is 0.270 e. The number of nitrogens with zero attached hydrogens (tertiary/aromatic N) is 4. The minimum Gasteiger partial charge on any atom is -0.336 e. The molecule has 1 saturated heterocycles. The molecule has 0 bridgehead atoms. The SMILES string of the molecule is CN1CCN(C(=O)c2cnc3ccccn3c2=O)CC1. The first-order valence-electron chi connectivity index (χ1n) is 6.61. The van der Waals surface area contributed by atoms with Gasteiger partial charge in [0.15, 0.2) is 0 Å². The molecule has 2 aromatic heterocycles. The van der Waals surface area contributed by atoms with Crippen molar-refractivity contribution < 1.29 is 4.79 Å². The molecule has 0 unspecified atom stereocenters. The van der Waals surface area contributed by atoms with Crippen molar-refractivity contribution in [1.29, 1.82) is 0 Å². The summed E-state index contributed by atoms with van der Waals surface area (Å²) in [6.07, 6.45) is 3.02. The fourth-order valence-corrected chi connectivity index (χ4v) is 2.35. The fraction of sp³-hybridized carbons (Fsp3) is 0.357. The first-order valence-corrected chi connectivity index (χ1v) is 6.61. The van der Waals surface area contributed by atoms with Crippen molar-refractivity contribution in [2.75, 3.05) is 33.2 Å². The second kappa shape index (κ2) is 5.05. The molecular weight excluding hydrogens is 256 g/mol. The van der Waals surface area contributed by atoms with E-state index in [0.29, 0.717) is 18.7 Å². The topological polar surface area (TPSA) is 57.9 Å². The number of carbonyl (C=O) groups is 1. The lowest BCUT2D eigenvalue weighted by Gasteiger charge is -2.32. The van der Waals surface area contributed by atoms with Gasteiger partial charge in [0.05, 0.1) is 0 Å². The van der Waals surface area contributed by atoms with Crippen LogP contribution in [0.4, 0.5) is 0 Å². The maximum absolute atomic E-state index is 12.4. The number of carbonyl (C=O) groups excluding carboxylic acids is 1. The van der Waals surface area contributed by atoms with Gasteiger partial charge in [-0.3, -0.25) is 14.0 Å². The molecule has 1 fully saturated rings. The molecule has 0 saturated carbocycles. The standard InChI is InChI=1S/C14H16N4O2/c1-16-6-8-17(9-7-16)13(19)11-10-15-12-4-2-3-5-18(12)14(11)20/h2-5,10H,6-9H2,1H3. The molecule has 1 amide bonds. The minimum atomic E-state index is -0.306. The Morgan fingerprint density at radius 3 is 2.70 bits per heavy atom. The number of pyridine rings is 1. The van der Waals surface area contributed by atoms with E-state index in [1.165, 1.54) is 10.6 Å². The Balaban J connectivity index is 1.96. The van der Waals surface area contributed by atoms with E-state index in [0.717, 1.165) is 13.1 Å². The molecule has 1 aliphatic rings. The summed E-state index contributed by atoms with van der Waals surface area (Å²) in [6, 6.07) is 5.30. The Kier molecular flexibility index (Phi) is 3.23. The molecule has 3 rings (SSSR count). The Hall–Kier alpha value is -2.21. The number of aromatic nitrogens is 2. The smallest absolute Gasteiger partial charge is 0.270 e. The van der Waals surface area contributed by atoms with Crippen molar-refractivity contribution in [3.8, 4) is 0 Å². The van der Waals surface area contributed by atoms with Crippen molar-refractivity contribution in [3.63, 3.8) is 0 Å². The van der Waals surface area contributed by atoms with Crippen LogP contribution < -0.4 is 5.56 Å². The van der Waals surface area contributed by atoms with Gasteiger partial charge in [0.2, 0.25) is 0 Å². The van der Waals surface area contributed by atoms with Crippen molar-refractivity contribution in [3.05, 3.63) is 46.5 Å². The summed E-state index contributed by atoms with van der Waals surface area (Å²) < 4.78 is 1.41. The van der Waals surface area contributed by atoms with E-state index in [1.54, 1.807) is 23.2 Å². The highest BCUT2D eigenvalue weighted by Gasteiger charge is 2.23. The molecule has 3 heterocycles. The van der Waals surface area contributed by atoms with Gasteiger partial charge in [-0.2, -0.15) is 0 Å². The number of likely N-dealkylation sites (N-methyl/N-ethyl adjacent to an activating group) is 1. The van der Waals surface area contributed by atoms with Gasteiger partial charge < -0.3 is 9.80 Å². The van der Waals surface area contributed by atoms with E-state index in [1.807, 2.05) is 13.1 Å². The zero-order valence-corrected chi connectivity index (χ0v) is 11.3. The Morgan fingerprint density at radius 2 is 1.95 bits per heavy atom. The number of amides is 1. The highest BCUT2D eigenvalue weighted by atomic mass is 16.2. The molecule has 6 heteroatoms. The third-order valence-electron chi connectivity index (χ3n) is 3.63. The second-order valence-electron chi connectivity index (χ2n) is 5.00. The monoisotopic (exact) mass is 272 g/mol. The van der Waals surface area contributed by atoms with Crippen LogP contribution >= 0.6 is 0 Å². The molecule has 0 radical (unpaired) electrons. The van der Waals surface area contributed by atoms with Crippen LogP contribution in [-0.2, 0) is 0 Å². The van der Waals surface area contributed by atoms with Crippen LogP contribution in [0.3, 0.4) is 0 Å². The summed E-state index contributed by atoms with van der Waals surface area (Å²) in [6.45, 7) is 2.95. The predicted molar refractivity (Wildman–Crippen MR) is 74.9 cm³/mol. The first-order chi connectivity index (χ1) is 9.66. The van der Waals surface area contributed by atoms with Gasteiger partial charge in [-0.25, -0.2) is 4.98 Å². The highest BCUT2D eigenvalue weighted by molar-refractivity contribution is 5.93. The van der Waals surface area contributed by atoms with Crippen molar-refractivity contribution >= 4 is 11.6 Å². The van der Waals surface area contributed by atoms with Gasteiger partial charge in [0.25, 0.3) is 11.5 Å².